The molecule has 3 N–H and O–H groups in total. The topological polar surface area (TPSA) is 87.7 Å². The van der Waals surface area contributed by atoms with Crippen molar-refractivity contribution in [2.45, 2.75) is 12.8 Å². The third-order valence-electron chi connectivity index (χ3n) is 3.42. The molecule has 0 fully saturated rings. The fraction of sp³-hybridized carbons (Fsp3) is 0.143. The number of H-pyrrole nitrogens is 1. The van der Waals surface area contributed by atoms with Crippen LogP contribution >= 0.6 is 23.2 Å². The minimum atomic E-state index is -0.501. The molecule has 0 saturated heterocycles. The van der Waals surface area contributed by atoms with Crippen molar-refractivity contribution in [3.05, 3.63) is 56.5 Å². The molecule has 0 radical (unpaired) electrons. The second-order valence-electron chi connectivity index (χ2n) is 4.63. The average Bonchev–Trinajstić information content (AvgIpc) is 2.79. The van der Waals surface area contributed by atoms with Gasteiger partial charge in [0.05, 0.1) is 5.92 Å². The zero-order valence-corrected chi connectivity index (χ0v) is 12.5. The number of nitrogens with one attached hydrogen (secondary N) is 1. The number of hydrogen-bond donors (Lipinski definition) is 2. The van der Waals surface area contributed by atoms with Crippen molar-refractivity contribution in [3.63, 3.8) is 0 Å². The molecule has 0 spiro atoms. The normalized spacial score (nSPS) is 17.1. The highest BCUT2D eigenvalue weighted by Gasteiger charge is 2.36. The van der Waals surface area contributed by atoms with Crippen molar-refractivity contribution in [1.29, 1.82) is 5.26 Å². The first-order valence-electron chi connectivity index (χ1n) is 6.11. The third kappa shape index (κ3) is 2.04. The number of aryl methyl sites for hydroxylation is 1. The first-order chi connectivity index (χ1) is 10.0. The van der Waals surface area contributed by atoms with Gasteiger partial charge in [0.15, 0.2) is 0 Å². The van der Waals surface area contributed by atoms with Gasteiger partial charge in [-0.15, -0.1) is 5.10 Å². The van der Waals surface area contributed by atoms with E-state index in [0.29, 0.717) is 21.5 Å². The van der Waals surface area contributed by atoms with Gasteiger partial charge in [-0.3, -0.25) is 5.10 Å². The Morgan fingerprint density at radius 1 is 1.33 bits per heavy atom. The highest BCUT2D eigenvalue weighted by atomic mass is 35.5. The van der Waals surface area contributed by atoms with E-state index in [4.69, 9.17) is 33.7 Å². The van der Waals surface area contributed by atoms with Gasteiger partial charge in [-0.25, -0.2) is 0 Å². The number of benzene rings is 1. The smallest absolute Gasteiger partial charge is 0.244 e. The van der Waals surface area contributed by atoms with Crippen molar-refractivity contribution in [3.8, 4) is 11.9 Å². The van der Waals surface area contributed by atoms with Crippen LogP contribution in [-0.2, 0) is 0 Å². The highest BCUT2D eigenvalue weighted by molar-refractivity contribution is 6.36. The van der Waals surface area contributed by atoms with Crippen LogP contribution in [0, 0.1) is 18.3 Å². The standard InChI is InChI=1S/C14H10Cl2N4O/c1-6-10-11(12-8(15)3-2-4-9(12)16)7(5-17)13(18)21-14(10)20-19-6/h2-4,11H,18H2,1H3,(H,19,20)/t11-/m0/s1. The number of ether oxygens (including phenoxy) is 1. The van der Waals surface area contributed by atoms with Crippen LogP contribution in [0.5, 0.6) is 5.88 Å². The summed E-state index contributed by atoms with van der Waals surface area (Å²) in [6.45, 7) is 1.84. The minimum absolute atomic E-state index is 0.0116. The Morgan fingerprint density at radius 2 is 2.00 bits per heavy atom. The second kappa shape index (κ2) is 4.99. The summed E-state index contributed by atoms with van der Waals surface area (Å²) >= 11 is 12.6. The van der Waals surface area contributed by atoms with E-state index in [1.807, 2.05) is 6.92 Å². The van der Waals surface area contributed by atoms with E-state index in [0.717, 1.165) is 11.3 Å². The molecule has 1 atom stereocenters. The van der Waals surface area contributed by atoms with Crippen LogP contribution in [0.1, 0.15) is 22.7 Å². The number of aromatic nitrogens is 2. The summed E-state index contributed by atoms with van der Waals surface area (Å²) in [5, 5.41) is 17.2. The van der Waals surface area contributed by atoms with Crippen LogP contribution in [0.4, 0.5) is 0 Å². The molecule has 7 heteroatoms. The van der Waals surface area contributed by atoms with E-state index in [9.17, 15) is 5.26 Å². The molecular weight excluding hydrogens is 311 g/mol. The maximum atomic E-state index is 9.44. The lowest BCUT2D eigenvalue weighted by Gasteiger charge is -2.25. The van der Waals surface area contributed by atoms with Gasteiger partial charge in [-0.1, -0.05) is 29.3 Å². The number of allylic oxidation sites excluding steroid dienone is 1. The second-order valence-corrected chi connectivity index (χ2v) is 5.44. The van der Waals surface area contributed by atoms with Crippen molar-refractivity contribution >= 4 is 23.2 Å². The molecule has 0 unspecified atom stereocenters. The summed E-state index contributed by atoms with van der Waals surface area (Å²) in [5.74, 6) is -0.152. The number of fused-ring (bicyclic) bond motifs is 1. The van der Waals surface area contributed by atoms with Gasteiger partial charge in [0.25, 0.3) is 0 Å². The van der Waals surface area contributed by atoms with Crippen LogP contribution in [0.3, 0.4) is 0 Å². The van der Waals surface area contributed by atoms with Crippen LogP contribution in [0.2, 0.25) is 10.0 Å². The number of nitrogens with two attached hydrogens (primary N) is 1. The summed E-state index contributed by atoms with van der Waals surface area (Å²) in [7, 11) is 0. The number of nitrogens with zero attached hydrogens (tertiary/aromatic N) is 2. The monoisotopic (exact) mass is 320 g/mol. The van der Waals surface area contributed by atoms with Gasteiger partial charge in [0.2, 0.25) is 11.8 Å². The molecule has 0 saturated carbocycles. The third-order valence-corrected chi connectivity index (χ3v) is 4.08. The molecule has 21 heavy (non-hydrogen) atoms. The molecule has 0 bridgehead atoms. The fourth-order valence-electron chi connectivity index (χ4n) is 2.47. The number of nitriles is 1. The van der Waals surface area contributed by atoms with E-state index in [1.54, 1.807) is 18.2 Å². The number of rotatable bonds is 1. The van der Waals surface area contributed by atoms with Crippen LogP contribution in [-0.4, -0.2) is 10.2 Å². The maximum absolute atomic E-state index is 9.44. The molecule has 0 aliphatic carbocycles. The fourth-order valence-corrected chi connectivity index (χ4v) is 3.09. The molecule has 5 nitrogen and oxygen atoms in total. The molecule has 1 aromatic carbocycles. The predicted octanol–water partition coefficient (Wildman–Crippen LogP) is 3.24. The Balaban J connectivity index is 2.33. The molecule has 1 aliphatic heterocycles. The molecular formula is C14H10Cl2N4O. The zero-order chi connectivity index (χ0) is 15.1. The molecule has 2 aromatic rings. The van der Waals surface area contributed by atoms with Gasteiger partial charge in [0.1, 0.15) is 11.6 Å². The molecule has 0 amide bonds. The summed E-state index contributed by atoms with van der Waals surface area (Å²) in [4.78, 5) is 0. The zero-order valence-electron chi connectivity index (χ0n) is 10.9. The Kier molecular flexibility index (Phi) is 3.28. The summed E-state index contributed by atoms with van der Waals surface area (Å²) in [6.07, 6.45) is 0. The van der Waals surface area contributed by atoms with E-state index >= 15 is 0 Å². The van der Waals surface area contributed by atoms with E-state index in [2.05, 4.69) is 16.3 Å². The minimum Gasteiger partial charge on any atom is -0.420 e. The van der Waals surface area contributed by atoms with E-state index in [1.165, 1.54) is 0 Å². The van der Waals surface area contributed by atoms with Crippen LogP contribution in [0.15, 0.2) is 29.7 Å². The molecule has 106 valence electrons. The lowest BCUT2D eigenvalue weighted by atomic mass is 9.84. The Labute approximate surface area is 130 Å². The van der Waals surface area contributed by atoms with Crippen molar-refractivity contribution in [1.82, 2.24) is 10.2 Å². The van der Waals surface area contributed by atoms with Gasteiger partial charge in [-0.05, 0) is 19.1 Å². The lowest BCUT2D eigenvalue weighted by Crippen LogP contribution is -2.21. The van der Waals surface area contributed by atoms with Crippen molar-refractivity contribution in [2.75, 3.05) is 0 Å². The van der Waals surface area contributed by atoms with E-state index < -0.39 is 5.92 Å². The summed E-state index contributed by atoms with van der Waals surface area (Å²) in [5.41, 5.74) is 8.21. The number of halogens is 2. The highest BCUT2D eigenvalue weighted by Crippen LogP contribution is 2.46. The average molecular weight is 321 g/mol. The first-order valence-corrected chi connectivity index (χ1v) is 6.86. The molecule has 2 heterocycles. The predicted molar refractivity (Wildman–Crippen MR) is 79.1 cm³/mol. The van der Waals surface area contributed by atoms with E-state index in [-0.39, 0.29) is 11.5 Å². The number of hydrogen-bond acceptors (Lipinski definition) is 4. The van der Waals surface area contributed by atoms with Crippen molar-refractivity contribution < 1.29 is 4.74 Å². The van der Waals surface area contributed by atoms with Gasteiger partial charge in [-0.2, -0.15) is 5.26 Å². The Morgan fingerprint density at radius 3 is 2.62 bits per heavy atom. The molecule has 3 rings (SSSR count). The largest absolute Gasteiger partial charge is 0.420 e. The quantitative estimate of drug-likeness (QED) is 0.844. The SMILES string of the molecule is Cc1[nH]nc2c1[C@@H](c1c(Cl)cccc1Cl)C(C#N)=C(N)O2. The summed E-state index contributed by atoms with van der Waals surface area (Å²) in [6, 6.07) is 7.27. The van der Waals surface area contributed by atoms with Gasteiger partial charge >= 0.3 is 0 Å². The van der Waals surface area contributed by atoms with Gasteiger partial charge < -0.3 is 10.5 Å². The first kappa shape index (κ1) is 13.8. The van der Waals surface area contributed by atoms with Crippen LogP contribution in [0.25, 0.3) is 0 Å². The Hall–Kier alpha value is -2.16. The van der Waals surface area contributed by atoms with Crippen molar-refractivity contribution in [2.24, 2.45) is 5.73 Å². The summed E-state index contributed by atoms with van der Waals surface area (Å²) < 4.78 is 5.39. The van der Waals surface area contributed by atoms with Crippen LogP contribution < -0.4 is 10.5 Å². The Bertz CT molecular complexity index is 784. The lowest BCUT2D eigenvalue weighted by molar-refractivity contribution is 0.379. The maximum Gasteiger partial charge on any atom is 0.244 e. The number of aromatic amines is 1. The molecule has 1 aromatic heterocycles. The van der Waals surface area contributed by atoms with Gasteiger partial charge in [0, 0.05) is 26.9 Å². The molecule has 1 aliphatic rings.